The van der Waals surface area contributed by atoms with Crippen LogP contribution in [0.1, 0.15) is 5.56 Å². The number of nitrogens with zero attached hydrogens (tertiary/aromatic N) is 3. The van der Waals surface area contributed by atoms with Gasteiger partial charge in [0, 0.05) is 24.5 Å². The number of aromatic nitrogens is 3. The summed E-state index contributed by atoms with van der Waals surface area (Å²) in [5.41, 5.74) is 7.00. The summed E-state index contributed by atoms with van der Waals surface area (Å²) in [6.45, 7) is 0.360. The predicted octanol–water partition coefficient (Wildman–Crippen LogP) is 0.841. The van der Waals surface area contributed by atoms with Crippen LogP contribution in [-0.4, -0.2) is 14.6 Å². The van der Waals surface area contributed by atoms with Crippen LogP contribution in [0, 0.1) is 0 Å². The lowest BCUT2D eigenvalue weighted by molar-refractivity contribution is 0.939. The van der Waals surface area contributed by atoms with Gasteiger partial charge in [-0.2, -0.15) is 5.10 Å². The Morgan fingerprint density at radius 1 is 1.58 bits per heavy atom. The third kappa shape index (κ3) is 0.964. The Bertz CT molecular complexity index is 409. The molecule has 12 heavy (non-hydrogen) atoms. The summed E-state index contributed by atoms with van der Waals surface area (Å²) in [5.74, 6) is 0. The molecule has 62 valence electrons. The van der Waals surface area contributed by atoms with Crippen LogP contribution in [0.25, 0.3) is 5.65 Å². The van der Waals surface area contributed by atoms with Crippen molar-refractivity contribution in [2.75, 3.05) is 0 Å². The normalized spacial score (nSPS) is 10.8. The summed E-state index contributed by atoms with van der Waals surface area (Å²) in [4.78, 5) is 4.11. The molecule has 2 rings (SSSR count). The van der Waals surface area contributed by atoms with Crippen LogP contribution in [-0.2, 0) is 6.54 Å². The summed E-state index contributed by atoms with van der Waals surface area (Å²) in [5, 5.41) is 4.45. The van der Waals surface area contributed by atoms with Crippen molar-refractivity contribution in [1.29, 1.82) is 0 Å². The SMILES string of the molecule is NCc1c(Cl)nn2cccnc12. The van der Waals surface area contributed by atoms with E-state index in [9.17, 15) is 0 Å². The van der Waals surface area contributed by atoms with Gasteiger partial charge in [0.25, 0.3) is 0 Å². The van der Waals surface area contributed by atoms with E-state index in [1.54, 1.807) is 23.0 Å². The number of nitrogens with two attached hydrogens (primary N) is 1. The first-order valence-electron chi connectivity index (χ1n) is 3.50. The highest BCUT2D eigenvalue weighted by molar-refractivity contribution is 6.30. The van der Waals surface area contributed by atoms with Crippen LogP contribution in [0.3, 0.4) is 0 Å². The molecule has 5 heteroatoms. The highest BCUT2D eigenvalue weighted by Crippen LogP contribution is 2.16. The van der Waals surface area contributed by atoms with Gasteiger partial charge < -0.3 is 5.73 Å². The minimum atomic E-state index is 0.360. The van der Waals surface area contributed by atoms with Crippen LogP contribution in [0.5, 0.6) is 0 Å². The molecular weight excluding hydrogens is 176 g/mol. The molecule has 0 aliphatic heterocycles. The zero-order valence-electron chi connectivity index (χ0n) is 6.24. The topological polar surface area (TPSA) is 56.2 Å². The molecule has 0 amide bonds. The molecule has 0 aromatic carbocycles. The van der Waals surface area contributed by atoms with Crippen LogP contribution in [0.15, 0.2) is 18.5 Å². The fourth-order valence-electron chi connectivity index (χ4n) is 1.08. The third-order valence-corrected chi connectivity index (χ3v) is 1.95. The second-order valence-corrected chi connectivity index (χ2v) is 2.72. The molecule has 0 saturated heterocycles. The van der Waals surface area contributed by atoms with Crippen molar-refractivity contribution in [2.24, 2.45) is 5.73 Å². The van der Waals surface area contributed by atoms with Gasteiger partial charge in [-0.15, -0.1) is 0 Å². The Balaban J connectivity index is 2.81. The zero-order chi connectivity index (χ0) is 8.55. The number of hydrogen-bond acceptors (Lipinski definition) is 3. The molecule has 2 aromatic rings. The summed E-state index contributed by atoms with van der Waals surface area (Å²) in [7, 11) is 0. The largest absolute Gasteiger partial charge is 0.326 e. The predicted molar refractivity (Wildman–Crippen MR) is 45.9 cm³/mol. The fourth-order valence-corrected chi connectivity index (χ4v) is 1.33. The molecule has 2 aromatic heterocycles. The first-order chi connectivity index (χ1) is 5.83. The summed E-state index contributed by atoms with van der Waals surface area (Å²) >= 11 is 5.82. The average Bonchev–Trinajstić information content (AvgIpc) is 2.40. The van der Waals surface area contributed by atoms with E-state index >= 15 is 0 Å². The maximum absolute atomic E-state index is 5.82. The van der Waals surface area contributed by atoms with E-state index in [-0.39, 0.29) is 0 Å². The van der Waals surface area contributed by atoms with E-state index in [0.29, 0.717) is 11.7 Å². The Labute approximate surface area is 74.0 Å². The van der Waals surface area contributed by atoms with E-state index in [1.807, 2.05) is 0 Å². The maximum atomic E-state index is 5.82. The quantitative estimate of drug-likeness (QED) is 0.711. The van der Waals surface area contributed by atoms with Crippen molar-refractivity contribution in [3.63, 3.8) is 0 Å². The van der Waals surface area contributed by atoms with Gasteiger partial charge in [0.1, 0.15) is 0 Å². The van der Waals surface area contributed by atoms with E-state index < -0.39 is 0 Å². The zero-order valence-corrected chi connectivity index (χ0v) is 6.99. The second-order valence-electron chi connectivity index (χ2n) is 2.36. The van der Waals surface area contributed by atoms with E-state index in [0.717, 1.165) is 11.2 Å². The summed E-state index contributed by atoms with van der Waals surface area (Å²) < 4.78 is 1.62. The van der Waals surface area contributed by atoms with Gasteiger partial charge in [-0.1, -0.05) is 11.6 Å². The molecule has 0 fully saturated rings. The van der Waals surface area contributed by atoms with E-state index in [2.05, 4.69) is 10.1 Å². The molecule has 0 radical (unpaired) electrons. The number of fused-ring (bicyclic) bond motifs is 1. The highest BCUT2D eigenvalue weighted by atomic mass is 35.5. The van der Waals surface area contributed by atoms with Crippen molar-refractivity contribution in [3.8, 4) is 0 Å². The van der Waals surface area contributed by atoms with E-state index in [4.69, 9.17) is 17.3 Å². The molecule has 0 atom stereocenters. The van der Waals surface area contributed by atoms with Crippen molar-refractivity contribution in [1.82, 2.24) is 14.6 Å². The van der Waals surface area contributed by atoms with E-state index in [1.165, 1.54) is 0 Å². The second kappa shape index (κ2) is 2.73. The molecule has 0 aliphatic rings. The van der Waals surface area contributed by atoms with Crippen molar-refractivity contribution in [2.45, 2.75) is 6.54 Å². The number of hydrogen-bond donors (Lipinski definition) is 1. The van der Waals surface area contributed by atoms with Crippen LogP contribution in [0.4, 0.5) is 0 Å². The van der Waals surface area contributed by atoms with Gasteiger partial charge in [0.2, 0.25) is 0 Å². The maximum Gasteiger partial charge on any atom is 0.160 e. The summed E-state index contributed by atoms with van der Waals surface area (Å²) in [6, 6.07) is 1.79. The minimum Gasteiger partial charge on any atom is -0.326 e. The average molecular weight is 183 g/mol. The first kappa shape index (κ1) is 7.52. The van der Waals surface area contributed by atoms with Gasteiger partial charge in [-0.05, 0) is 6.07 Å². The number of halogens is 1. The van der Waals surface area contributed by atoms with Crippen LogP contribution < -0.4 is 5.73 Å². The third-order valence-electron chi connectivity index (χ3n) is 1.65. The fraction of sp³-hybridized carbons (Fsp3) is 0.143. The van der Waals surface area contributed by atoms with Gasteiger partial charge in [0.15, 0.2) is 10.8 Å². The van der Waals surface area contributed by atoms with Gasteiger partial charge in [-0.3, -0.25) is 0 Å². The van der Waals surface area contributed by atoms with Gasteiger partial charge >= 0.3 is 0 Å². The summed E-state index contributed by atoms with van der Waals surface area (Å²) in [6.07, 6.45) is 3.47. The molecule has 0 aliphatic carbocycles. The van der Waals surface area contributed by atoms with Gasteiger partial charge in [0.05, 0.1) is 0 Å². The molecule has 0 spiro atoms. The molecule has 0 saturated carbocycles. The molecule has 0 unspecified atom stereocenters. The smallest absolute Gasteiger partial charge is 0.160 e. The Hall–Kier alpha value is -1.13. The van der Waals surface area contributed by atoms with Crippen LogP contribution in [0.2, 0.25) is 5.15 Å². The van der Waals surface area contributed by atoms with Crippen LogP contribution >= 0.6 is 11.6 Å². The standard InChI is InChI=1S/C7H7ClN4/c8-6-5(4-9)7-10-2-1-3-12(7)11-6/h1-3H,4,9H2. The molecule has 4 nitrogen and oxygen atoms in total. The van der Waals surface area contributed by atoms with Crippen molar-refractivity contribution >= 4 is 17.2 Å². The lowest BCUT2D eigenvalue weighted by Crippen LogP contribution is -1.97. The molecule has 2 heterocycles. The van der Waals surface area contributed by atoms with Crippen molar-refractivity contribution < 1.29 is 0 Å². The monoisotopic (exact) mass is 182 g/mol. The van der Waals surface area contributed by atoms with Crippen molar-refractivity contribution in [3.05, 3.63) is 29.2 Å². The van der Waals surface area contributed by atoms with Gasteiger partial charge in [-0.25, -0.2) is 9.50 Å². The Morgan fingerprint density at radius 2 is 2.42 bits per heavy atom. The molecular formula is C7H7ClN4. The lowest BCUT2D eigenvalue weighted by atomic mass is 10.3. The lowest BCUT2D eigenvalue weighted by Gasteiger charge is -1.91. The Kier molecular flexibility index (Phi) is 1.71. The molecule has 0 bridgehead atoms. The first-order valence-corrected chi connectivity index (χ1v) is 3.88. The number of rotatable bonds is 1. The highest BCUT2D eigenvalue weighted by Gasteiger charge is 2.08. The Morgan fingerprint density at radius 3 is 3.17 bits per heavy atom. The minimum absolute atomic E-state index is 0.360. The molecule has 2 N–H and O–H groups in total.